The second kappa shape index (κ2) is 4.71. The molecular weight excluding hydrogens is 292 g/mol. The highest BCUT2D eigenvalue weighted by molar-refractivity contribution is 9.10. The first-order valence-electron chi connectivity index (χ1n) is 4.75. The van der Waals surface area contributed by atoms with Gasteiger partial charge in [0, 0.05) is 5.69 Å². The summed E-state index contributed by atoms with van der Waals surface area (Å²) in [7, 11) is 0. The molecule has 0 aliphatic carbocycles. The third kappa shape index (κ3) is 2.55. The lowest BCUT2D eigenvalue weighted by molar-refractivity contribution is 0.414. The van der Waals surface area contributed by atoms with Gasteiger partial charge in [0.1, 0.15) is 5.75 Å². The summed E-state index contributed by atoms with van der Waals surface area (Å²) in [4.78, 5) is 0. The molecule has 0 saturated heterocycles. The van der Waals surface area contributed by atoms with E-state index in [0.717, 1.165) is 6.07 Å². The molecule has 0 saturated carbocycles. The summed E-state index contributed by atoms with van der Waals surface area (Å²) in [6, 6.07) is 8.55. The van der Waals surface area contributed by atoms with E-state index < -0.39 is 11.6 Å². The number of hydrogen-bond donors (Lipinski definition) is 1. The predicted octanol–water partition coefficient (Wildman–Crippen LogP) is 4.10. The van der Waals surface area contributed by atoms with Gasteiger partial charge in [0.15, 0.2) is 11.6 Å². The Morgan fingerprint density at radius 3 is 2.53 bits per heavy atom. The first-order valence-corrected chi connectivity index (χ1v) is 5.54. The number of nitrogens with two attached hydrogens (primary N) is 1. The molecule has 88 valence electrons. The third-order valence-electron chi connectivity index (χ3n) is 2.09. The molecule has 2 aromatic carbocycles. The molecule has 0 aliphatic heterocycles. The van der Waals surface area contributed by atoms with Crippen molar-refractivity contribution in [2.45, 2.75) is 0 Å². The zero-order valence-corrected chi connectivity index (χ0v) is 10.2. The molecule has 2 aromatic rings. The first-order chi connectivity index (χ1) is 8.08. The fourth-order valence-electron chi connectivity index (χ4n) is 1.28. The van der Waals surface area contributed by atoms with Crippen molar-refractivity contribution in [3.63, 3.8) is 0 Å². The minimum absolute atomic E-state index is 0.171. The van der Waals surface area contributed by atoms with Crippen LogP contribution in [-0.2, 0) is 0 Å². The van der Waals surface area contributed by atoms with E-state index in [4.69, 9.17) is 10.5 Å². The number of benzene rings is 2. The van der Waals surface area contributed by atoms with Crippen molar-refractivity contribution in [1.82, 2.24) is 0 Å². The Morgan fingerprint density at radius 1 is 1.06 bits per heavy atom. The van der Waals surface area contributed by atoms with E-state index in [9.17, 15) is 8.78 Å². The van der Waals surface area contributed by atoms with Crippen LogP contribution >= 0.6 is 15.9 Å². The summed E-state index contributed by atoms with van der Waals surface area (Å²) in [6.07, 6.45) is 0. The first kappa shape index (κ1) is 11.9. The number of anilines is 1. The van der Waals surface area contributed by atoms with Crippen molar-refractivity contribution in [1.29, 1.82) is 0 Å². The van der Waals surface area contributed by atoms with Gasteiger partial charge in [-0.15, -0.1) is 0 Å². The molecule has 0 bridgehead atoms. The summed E-state index contributed by atoms with van der Waals surface area (Å²) in [5.41, 5.74) is 6.10. The van der Waals surface area contributed by atoms with Gasteiger partial charge in [-0.05, 0) is 46.3 Å². The molecule has 2 N–H and O–H groups in total. The Morgan fingerprint density at radius 2 is 1.82 bits per heavy atom. The van der Waals surface area contributed by atoms with E-state index in [1.165, 1.54) is 12.1 Å². The van der Waals surface area contributed by atoms with Crippen LogP contribution < -0.4 is 10.5 Å². The lowest BCUT2D eigenvalue weighted by Gasteiger charge is -2.09. The third-order valence-corrected chi connectivity index (χ3v) is 2.71. The van der Waals surface area contributed by atoms with E-state index in [0.29, 0.717) is 15.9 Å². The molecule has 0 amide bonds. The van der Waals surface area contributed by atoms with Gasteiger partial charge in [-0.1, -0.05) is 6.07 Å². The summed E-state index contributed by atoms with van der Waals surface area (Å²) >= 11 is 3.23. The van der Waals surface area contributed by atoms with Gasteiger partial charge >= 0.3 is 0 Å². The molecule has 0 unspecified atom stereocenters. The monoisotopic (exact) mass is 299 g/mol. The van der Waals surface area contributed by atoms with Gasteiger partial charge in [0.2, 0.25) is 5.82 Å². The molecule has 0 atom stereocenters. The lowest BCUT2D eigenvalue weighted by atomic mass is 10.3. The fraction of sp³-hybridized carbons (Fsp3) is 0. The quantitative estimate of drug-likeness (QED) is 0.847. The molecule has 2 nitrogen and oxygen atoms in total. The highest BCUT2D eigenvalue weighted by atomic mass is 79.9. The van der Waals surface area contributed by atoms with Crippen molar-refractivity contribution in [2.75, 3.05) is 5.73 Å². The second-order valence-electron chi connectivity index (χ2n) is 3.34. The summed E-state index contributed by atoms with van der Waals surface area (Å²) in [6.45, 7) is 0. The van der Waals surface area contributed by atoms with Crippen LogP contribution in [0.4, 0.5) is 14.5 Å². The maximum absolute atomic E-state index is 13.4. The summed E-state index contributed by atoms with van der Waals surface area (Å²) < 4.78 is 32.1. The second-order valence-corrected chi connectivity index (χ2v) is 4.20. The topological polar surface area (TPSA) is 35.2 Å². The van der Waals surface area contributed by atoms with E-state index in [-0.39, 0.29) is 5.75 Å². The number of ether oxygens (including phenoxy) is 1. The highest BCUT2D eigenvalue weighted by Gasteiger charge is 2.11. The van der Waals surface area contributed by atoms with Crippen LogP contribution in [0.1, 0.15) is 0 Å². The van der Waals surface area contributed by atoms with Gasteiger partial charge < -0.3 is 10.5 Å². The summed E-state index contributed by atoms with van der Waals surface area (Å²) in [5, 5.41) is 0. The zero-order chi connectivity index (χ0) is 12.4. The van der Waals surface area contributed by atoms with E-state index in [1.54, 1.807) is 18.2 Å². The normalized spacial score (nSPS) is 10.3. The molecule has 0 spiro atoms. The van der Waals surface area contributed by atoms with Crippen LogP contribution in [0.3, 0.4) is 0 Å². The number of nitrogen functional groups attached to an aromatic ring is 1. The molecule has 2 rings (SSSR count). The Bertz CT molecular complexity index is 560. The Balaban J connectivity index is 2.35. The molecule has 0 heterocycles. The molecule has 5 heteroatoms. The minimum Gasteiger partial charge on any atom is -0.453 e. The average molecular weight is 300 g/mol. The van der Waals surface area contributed by atoms with Crippen molar-refractivity contribution in [2.24, 2.45) is 0 Å². The van der Waals surface area contributed by atoms with Gasteiger partial charge in [-0.3, -0.25) is 0 Å². The highest BCUT2D eigenvalue weighted by Crippen LogP contribution is 2.32. The Labute approximate surface area is 105 Å². The van der Waals surface area contributed by atoms with Crippen molar-refractivity contribution >= 4 is 21.6 Å². The Hall–Kier alpha value is -1.62. The van der Waals surface area contributed by atoms with Crippen molar-refractivity contribution in [3.8, 4) is 11.5 Å². The molecule has 0 aromatic heterocycles. The van der Waals surface area contributed by atoms with Crippen molar-refractivity contribution in [3.05, 3.63) is 52.5 Å². The lowest BCUT2D eigenvalue weighted by Crippen LogP contribution is -1.93. The van der Waals surface area contributed by atoms with Gasteiger partial charge in [-0.25, -0.2) is 4.39 Å². The van der Waals surface area contributed by atoms with Gasteiger partial charge in [0.05, 0.1) is 4.47 Å². The molecular formula is C12H8BrF2NO. The van der Waals surface area contributed by atoms with E-state index in [2.05, 4.69) is 15.9 Å². The molecule has 17 heavy (non-hydrogen) atoms. The fourth-order valence-corrected chi connectivity index (χ4v) is 1.76. The van der Waals surface area contributed by atoms with Crippen LogP contribution in [0.15, 0.2) is 40.9 Å². The molecule has 0 radical (unpaired) electrons. The van der Waals surface area contributed by atoms with Gasteiger partial charge in [-0.2, -0.15) is 4.39 Å². The standard InChI is InChI=1S/C12H8BrF2NO/c13-8-6-7(16)4-5-10(8)17-11-3-1-2-9(14)12(11)15/h1-6H,16H2. The van der Waals surface area contributed by atoms with E-state index in [1.807, 2.05) is 0 Å². The predicted molar refractivity (Wildman–Crippen MR) is 65.0 cm³/mol. The van der Waals surface area contributed by atoms with Crippen LogP contribution in [0.5, 0.6) is 11.5 Å². The largest absolute Gasteiger partial charge is 0.453 e. The summed E-state index contributed by atoms with van der Waals surface area (Å²) in [5.74, 6) is -1.77. The SMILES string of the molecule is Nc1ccc(Oc2cccc(F)c2F)c(Br)c1. The number of rotatable bonds is 2. The van der Waals surface area contributed by atoms with Crippen LogP contribution in [0.2, 0.25) is 0 Å². The maximum Gasteiger partial charge on any atom is 0.201 e. The minimum atomic E-state index is -1.02. The average Bonchev–Trinajstić information content (AvgIpc) is 2.28. The van der Waals surface area contributed by atoms with Crippen LogP contribution in [-0.4, -0.2) is 0 Å². The maximum atomic E-state index is 13.4. The van der Waals surface area contributed by atoms with E-state index >= 15 is 0 Å². The molecule has 0 fully saturated rings. The zero-order valence-electron chi connectivity index (χ0n) is 8.58. The van der Waals surface area contributed by atoms with Crippen molar-refractivity contribution < 1.29 is 13.5 Å². The van der Waals surface area contributed by atoms with Crippen LogP contribution in [0.25, 0.3) is 0 Å². The Kier molecular flexibility index (Phi) is 3.28. The smallest absolute Gasteiger partial charge is 0.201 e. The number of halogens is 3. The molecule has 0 aliphatic rings. The van der Waals surface area contributed by atoms with Crippen LogP contribution in [0, 0.1) is 11.6 Å². The number of hydrogen-bond acceptors (Lipinski definition) is 2. The van der Waals surface area contributed by atoms with Gasteiger partial charge in [0.25, 0.3) is 0 Å².